The predicted molar refractivity (Wildman–Crippen MR) is 76.4 cm³/mol. The lowest BCUT2D eigenvalue weighted by Gasteiger charge is -2.29. The van der Waals surface area contributed by atoms with Crippen LogP contribution in [0.5, 0.6) is 0 Å². The summed E-state index contributed by atoms with van der Waals surface area (Å²) in [4.78, 5) is 2.23. The van der Waals surface area contributed by atoms with Crippen molar-refractivity contribution >= 4 is 17.3 Å². The Morgan fingerprint density at radius 2 is 2.28 bits per heavy atom. The highest BCUT2D eigenvalue weighted by molar-refractivity contribution is 6.33. The van der Waals surface area contributed by atoms with E-state index < -0.39 is 0 Å². The second-order valence-corrected chi connectivity index (χ2v) is 5.27. The average molecular weight is 269 g/mol. The summed E-state index contributed by atoms with van der Waals surface area (Å²) in [5.74, 6) is 0. The highest BCUT2D eigenvalue weighted by Gasteiger charge is 2.28. The fourth-order valence-corrected chi connectivity index (χ4v) is 2.90. The Balaban J connectivity index is 2.17. The monoisotopic (exact) mass is 268 g/mol. The van der Waals surface area contributed by atoms with Gasteiger partial charge in [0.1, 0.15) is 0 Å². The van der Waals surface area contributed by atoms with Crippen LogP contribution < -0.4 is 10.6 Å². The van der Waals surface area contributed by atoms with Gasteiger partial charge < -0.3 is 15.4 Å². The van der Waals surface area contributed by atoms with Gasteiger partial charge in [-0.3, -0.25) is 0 Å². The van der Waals surface area contributed by atoms with Crippen molar-refractivity contribution < 1.29 is 4.74 Å². The lowest BCUT2D eigenvalue weighted by molar-refractivity contribution is 0.118. The molecule has 0 aromatic heterocycles. The molecule has 0 bridgehead atoms. The van der Waals surface area contributed by atoms with E-state index in [4.69, 9.17) is 22.1 Å². The number of hydrogen-bond donors (Lipinski definition) is 1. The molecular weight excluding hydrogens is 248 g/mol. The van der Waals surface area contributed by atoms with Crippen molar-refractivity contribution in [3.8, 4) is 0 Å². The summed E-state index contributed by atoms with van der Waals surface area (Å²) in [5, 5.41) is 0.794. The summed E-state index contributed by atoms with van der Waals surface area (Å²) in [6.07, 6.45) is 2.18. The molecule has 2 N–H and O–H groups in total. The standard InChI is InChI=1S/C14H21ClN2O/c1-10-13(6-8-18-10)17(2)14-4-3-11(5-7-16)9-12(14)15/h3-4,9-10,13H,5-8,16H2,1-2H3. The number of likely N-dealkylation sites (N-methyl/N-ethyl adjacent to an activating group) is 1. The molecule has 1 aliphatic heterocycles. The maximum atomic E-state index is 6.36. The van der Waals surface area contributed by atoms with Crippen molar-refractivity contribution in [2.24, 2.45) is 5.73 Å². The molecule has 2 rings (SSSR count). The molecule has 18 heavy (non-hydrogen) atoms. The smallest absolute Gasteiger partial charge is 0.0750 e. The molecule has 1 aromatic carbocycles. The van der Waals surface area contributed by atoms with Crippen LogP contribution in [0.15, 0.2) is 18.2 Å². The summed E-state index contributed by atoms with van der Waals surface area (Å²) >= 11 is 6.36. The SMILES string of the molecule is CC1OCCC1N(C)c1ccc(CCN)cc1Cl. The number of hydrogen-bond acceptors (Lipinski definition) is 3. The number of anilines is 1. The summed E-state index contributed by atoms with van der Waals surface area (Å²) in [5.41, 5.74) is 7.82. The Labute approximate surface area is 114 Å². The lowest BCUT2D eigenvalue weighted by atomic mass is 10.1. The van der Waals surface area contributed by atoms with E-state index in [-0.39, 0.29) is 6.10 Å². The Hall–Kier alpha value is -0.770. The topological polar surface area (TPSA) is 38.5 Å². The second-order valence-electron chi connectivity index (χ2n) is 4.87. The average Bonchev–Trinajstić information content (AvgIpc) is 2.75. The zero-order chi connectivity index (χ0) is 13.1. The summed E-state index contributed by atoms with van der Waals surface area (Å²) in [6.45, 7) is 3.60. The second kappa shape index (κ2) is 5.91. The van der Waals surface area contributed by atoms with E-state index >= 15 is 0 Å². The highest BCUT2D eigenvalue weighted by Crippen LogP contribution is 2.31. The van der Waals surface area contributed by atoms with Crippen LogP contribution >= 0.6 is 11.6 Å². The highest BCUT2D eigenvalue weighted by atomic mass is 35.5. The zero-order valence-electron chi connectivity index (χ0n) is 11.0. The molecule has 2 unspecified atom stereocenters. The molecule has 1 saturated heterocycles. The predicted octanol–water partition coefficient (Wildman–Crippen LogP) is 2.45. The largest absolute Gasteiger partial charge is 0.376 e. The Bertz CT molecular complexity index is 411. The van der Waals surface area contributed by atoms with E-state index in [1.54, 1.807) is 0 Å². The maximum absolute atomic E-state index is 6.36. The molecular formula is C14H21ClN2O. The molecule has 100 valence electrons. The lowest BCUT2D eigenvalue weighted by Crippen LogP contribution is -2.36. The molecule has 1 fully saturated rings. The van der Waals surface area contributed by atoms with E-state index in [1.165, 1.54) is 5.56 Å². The molecule has 4 heteroatoms. The van der Waals surface area contributed by atoms with Crippen LogP contribution in [0.25, 0.3) is 0 Å². The number of halogens is 1. The molecule has 1 aliphatic rings. The number of nitrogens with zero attached hydrogens (tertiary/aromatic N) is 1. The van der Waals surface area contributed by atoms with Gasteiger partial charge in [-0.15, -0.1) is 0 Å². The van der Waals surface area contributed by atoms with Crippen molar-refractivity contribution in [1.29, 1.82) is 0 Å². The molecule has 0 radical (unpaired) electrons. The first-order valence-corrected chi connectivity index (χ1v) is 6.84. The number of ether oxygens (including phenoxy) is 1. The maximum Gasteiger partial charge on any atom is 0.0750 e. The first kappa shape index (κ1) is 13.7. The summed E-state index contributed by atoms with van der Waals surface area (Å²) in [6, 6.07) is 6.60. The minimum absolute atomic E-state index is 0.259. The molecule has 0 aliphatic carbocycles. The summed E-state index contributed by atoms with van der Waals surface area (Å²) < 4.78 is 5.61. The minimum atomic E-state index is 0.259. The molecule has 1 aromatic rings. The van der Waals surface area contributed by atoms with E-state index in [2.05, 4.69) is 31.0 Å². The van der Waals surface area contributed by atoms with Crippen LogP contribution in [-0.2, 0) is 11.2 Å². The van der Waals surface area contributed by atoms with Crippen LogP contribution in [0.2, 0.25) is 5.02 Å². The molecule has 0 spiro atoms. The van der Waals surface area contributed by atoms with Gasteiger partial charge in [-0.2, -0.15) is 0 Å². The third-order valence-corrected chi connectivity index (χ3v) is 3.96. The molecule has 1 heterocycles. The van der Waals surface area contributed by atoms with Gasteiger partial charge in [0.2, 0.25) is 0 Å². The van der Waals surface area contributed by atoms with Crippen molar-refractivity contribution in [1.82, 2.24) is 0 Å². The van der Waals surface area contributed by atoms with Gasteiger partial charge in [0.25, 0.3) is 0 Å². The third-order valence-electron chi connectivity index (χ3n) is 3.66. The van der Waals surface area contributed by atoms with E-state index in [0.29, 0.717) is 12.6 Å². The van der Waals surface area contributed by atoms with E-state index in [1.807, 2.05) is 6.07 Å². The van der Waals surface area contributed by atoms with Gasteiger partial charge in [-0.25, -0.2) is 0 Å². The fourth-order valence-electron chi connectivity index (χ4n) is 2.57. The fraction of sp³-hybridized carbons (Fsp3) is 0.571. The zero-order valence-corrected chi connectivity index (χ0v) is 11.8. The number of benzene rings is 1. The molecule has 2 atom stereocenters. The first-order valence-electron chi connectivity index (χ1n) is 6.46. The van der Waals surface area contributed by atoms with Crippen LogP contribution in [0.4, 0.5) is 5.69 Å². The van der Waals surface area contributed by atoms with E-state index in [0.717, 1.165) is 30.2 Å². The number of rotatable bonds is 4. The van der Waals surface area contributed by atoms with Gasteiger partial charge in [0, 0.05) is 13.7 Å². The van der Waals surface area contributed by atoms with Gasteiger partial charge >= 0.3 is 0 Å². The van der Waals surface area contributed by atoms with E-state index in [9.17, 15) is 0 Å². The Morgan fingerprint density at radius 1 is 1.50 bits per heavy atom. The Morgan fingerprint density at radius 3 is 2.83 bits per heavy atom. The first-order chi connectivity index (χ1) is 8.63. The van der Waals surface area contributed by atoms with Gasteiger partial charge in [0.05, 0.1) is 22.9 Å². The quantitative estimate of drug-likeness (QED) is 0.912. The van der Waals surface area contributed by atoms with Crippen molar-refractivity contribution in [2.45, 2.75) is 31.9 Å². The van der Waals surface area contributed by atoms with Crippen LogP contribution in [0.1, 0.15) is 18.9 Å². The van der Waals surface area contributed by atoms with Crippen molar-refractivity contribution in [2.75, 3.05) is 25.1 Å². The molecule has 3 nitrogen and oxygen atoms in total. The van der Waals surface area contributed by atoms with Crippen molar-refractivity contribution in [3.63, 3.8) is 0 Å². The summed E-state index contributed by atoms with van der Waals surface area (Å²) in [7, 11) is 2.08. The van der Waals surface area contributed by atoms with Crippen LogP contribution in [0.3, 0.4) is 0 Å². The van der Waals surface area contributed by atoms with Gasteiger partial charge in [-0.05, 0) is 44.0 Å². The number of nitrogens with two attached hydrogens (primary N) is 1. The van der Waals surface area contributed by atoms with Gasteiger partial charge in [-0.1, -0.05) is 17.7 Å². The minimum Gasteiger partial charge on any atom is -0.376 e. The third kappa shape index (κ3) is 2.79. The van der Waals surface area contributed by atoms with Crippen LogP contribution in [0, 0.1) is 0 Å². The Kier molecular flexibility index (Phi) is 4.49. The molecule has 0 amide bonds. The molecule has 0 saturated carbocycles. The van der Waals surface area contributed by atoms with Crippen molar-refractivity contribution in [3.05, 3.63) is 28.8 Å². The van der Waals surface area contributed by atoms with Gasteiger partial charge in [0.15, 0.2) is 0 Å². The normalized spacial score (nSPS) is 23.3. The van der Waals surface area contributed by atoms with Crippen LogP contribution in [-0.4, -0.2) is 32.3 Å².